The molecule has 0 spiro atoms. The first kappa shape index (κ1) is 35.4. The molecule has 0 N–H and O–H groups in total. The van der Waals surface area contributed by atoms with Gasteiger partial charge in [0, 0.05) is 82.0 Å². The van der Waals surface area contributed by atoms with Gasteiger partial charge in [0.2, 0.25) is 11.4 Å². The molecule has 15 heteroatoms. The van der Waals surface area contributed by atoms with Crippen molar-refractivity contribution in [2.75, 3.05) is 37.7 Å². The maximum atomic E-state index is 13.9. The number of piperazine rings is 1. The zero-order chi connectivity index (χ0) is 34.2. The molecule has 1 aliphatic rings. The number of anilines is 1. The van der Waals surface area contributed by atoms with Crippen molar-refractivity contribution in [3.8, 4) is 11.3 Å². The fourth-order valence-corrected chi connectivity index (χ4v) is 5.64. The molecule has 0 aliphatic carbocycles. The standard InChI is InChI=1S/C32H34Cl2N4O9/c1-18(39)44-15-10-27(45-19(2)40)29(46-20(3)41)30(47-21(4)42)31(43)38-13-11-37(12-14-38)24-7-5-6-22(16-24)28-25-17-23(33)8-9-26(25)35-32(34)36-28/h5-9,16-17,27,29-30H,10-15H2,1-4H3. The molecule has 1 amide bonds. The van der Waals surface area contributed by atoms with E-state index in [1.54, 1.807) is 18.2 Å². The number of ether oxygens (including phenoxy) is 4. The van der Waals surface area contributed by atoms with Gasteiger partial charge in [-0.1, -0.05) is 23.7 Å². The van der Waals surface area contributed by atoms with Crippen molar-refractivity contribution in [1.29, 1.82) is 0 Å². The Bertz CT molecular complexity index is 1660. The van der Waals surface area contributed by atoms with Crippen LogP contribution in [0.5, 0.6) is 0 Å². The molecule has 250 valence electrons. The third kappa shape index (κ3) is 9.52. The molecule has 1 saturated heterocycles. The van der Waals surface area contributed by atoms with Gasteiger partial charge in [-0.25, -0.2) is 9.97 Å². The van der Waals surface area contributed by atoms with E-state index in [-0.39, 0.29) is 31.4 Å². The summed E-state index contributed by atoms with van der Waals surface area (Å²) in [5.41, 5.74) is 2.93. The minimum atomic E-state index is -1.63. The van der Waals surface area contributed by atoms with Crippen molar-refractivity contribution in [1.82, 2.24) is 14.9 Å². The third-order valence-corrected chi connectivity index (χ3v) is 7.64. The molecule has 3 unspecified atom stereocenters. The number of aromatic nitrogens is 2. The Morgan fingerprint density at radius 3 is 2.13 bits per heavy atom. The summed E-state index contributed by atoms with van der Waals surface area (Å²) < 4.78 is 21.1. The van der Waals surface area contributed by atoms with Crippen LogP contribution in [0.4, 0.5) is 5.69 Å². The molecule has 2 aromatic carbocycles. The lowest BCUT2D eigenvalue weighted by molar-refractivity contribution is -0.190. The predicted molar refractivity (Wildman–Crippen MR) is 172 cm³/mol. The van der Waals surface area contributed by atoms with Gasteiger partial charge >= 0.3 is 23.9 Å². The molecule has 0 saturated carbocycles. The molecule has 2 heterocycles. The molecule has 0 radical (unpaired) electrons. The number of hydrogen-bond acceptors (Lipinski definition) is 12. The van der Waals surface area contributed by atoms with Gasteiger partial charge < -0.3 is 28.7 Å². The van der Waals surface area contributed by atoms with Gasteiger partial charge in [-0.05, 0) is 41.9 Å². The summed E-state index contributed by atoms with van der Waals surface area (Å²) >= 11 is 12.5. The highest BCUT2D eigenvalue weighted by Gasteiger charge is 2.43. The van der Waals surface area contributed by atoms with Gasteiger partial charge in [0.1, 0.15) is 6.10 Å². The second-order valence-electron chi connectivity index (χ2n) is 10.7. The Morgan fingerprint density at radius 2 is 1.49 bits per heavy atom. The van der Waals surface area contributed by atoms with E-state index in [1.807, 2.05) is 24.3 Å². The van der Waals surface area contributed by atoms with E-state index in [1.165, 1.54) is 11.8 Å². The summed E-state index contributed by atoms with van der Waals surface area (Å²) in [6.45, 7) is 5.65. The number of hydrogen-bond donors (Lipinski definition) is 0. The smallest absolute Gasteiger partial charge is 0.303 e. The molecule has 1 aromatic heterocycles. The van der Waals surface area contributed by atoms with Crippen molar-refractivity contribution in [2.45, 2.75) is 52.4 Å². The highest BCUT2D eigenvalue weighted by Crippen LogP contribution is 2.32. The van der Waals surface area contributed by atoms with Gasteiger partial charge in [0.05, 0.1) is 17.8 Å². The van der Waals surface area contributed by atoms with Crippen LogP contribution in [0.2, 0.25) is 10.3 Å². The molecule has 3 atom stereocenters. The van der Waals surface area contributed by atoms with Gasteiger partial charge in [-0.2, -0.15) is 0 Å². The Labute approximate surface area is 281 Å². The molecule has 13 nitrogen and oxygen atoms in total. The topological polar surface area (TPSA) is 155 Å². The number of benzene rings is 2. The Kier molecular flexibility index (Phi) is 11.9. The molecular formula is C32H34Cl2N4O9. The van der Waals surface area contributed by atoms with E-state index < -0.39 is 48.1 Å². The first-order chi connectivity index (χ1) is 22.3. The number of nitrogens with zero attached hydrogens (tertiary/aromatic N) is 4. The molecule has 1 aliphatic heterocycles. The van der Waals surface area contributed by atoms with Crippen LogP contribution in [-0.4, -0.2) is 95.8 Å². The number of amides is 1. The lowest BCUT2D eigenvalue weighted by Gasteiger charge is -2.39. The van der Waals surface area contributed by atoms with E-state index in [2.05, 4.69) is 14.9 Å². The molecule has 4 rings (SSSR count). The highest BCUT2D eigenvalue weighted by molar-refractivity contribution is 6.31. The lowest BCUT2D eigenvalue weighted by atomic mass is 10.0. The number of carbonyl (C=O) groups is 5. The second-order valence-corrected chi connectivity index (χ2v) is 11.5. The molecular weight excluding hydrogens is 655 g/mol. The zero-order valence-electron chi connectivity index (χ0n) is 26.2. The van der Waals surface area contributed by atoms with Crippen molar-refractivity contribution in [3.63, 3.8) is 0 Å². The van der Waals surface area contributed by atoms with Crippen LogP contribution in [0.25, 0.3) is 22.2 Å². The predicted octanol–water partition coefficient (Wildman–Crippen LogP) is 4.00. The molecule has 3 aromatic rings. The maximum absolute atomic E-state index is 13.9. The number of halogens is 2. The van der Waals surface area contributed by atoms with E-state index in [9.17, 15) is 24.0 Å². The summed E-state index contributed by atoms with van der Waals surface area (Å²) in [4.78, 5) is 73.7. The number of carbonyl (C=O) groups excluding carboxylic acids is 5. The summed E-state index contributed by atoms with van der Waals surface area (Å²) in [5, 5.41) is 1.38. The van der Waals surface area contributed by atoms with Crippen LogP contribution in [0.1, 0.15) is 34.1 Å². The van der Waals surface area contributed by atoms with E-state index in [0.29, 0.717) is 29.3 Å². The first-order valence-corrected chi connectivity index (χ1v) is 15.5. The van der Waals surface area contributed by atoms with Gasteiger partial charge in [0.25, 0.3) is 5.91 Å². The third-order valence-electron chi connectivity index (χ3n) is 7.23. The quantitative estimate of drug-likeness (QED) is 0.162. The maximum Gasteiger partial charge on any atom is 0.303 e. The Balaban J connectivity index is 1.55. The summed E-state index contributed by atoms with van der Waals surface area (Å²) in [7, 11) is 0. The van der Waals surface area contributed by atoms with Crippen LogP contribution in [0, 0.1) is 0 Å². The van der Waals surface area contributed by atoms with E-state index in [4.69, 9.17) is 42.1 Å². The van der Waals surface area contributed by atoms with Crippen LogP contribution in [0.3, 0.4) is 0 Å². The van der Waals surface area contributed by atoms with E-state index >= 15 is 0 Å². The summed E-state index contributed by atoms with van der Waals surface area (Å²) in [5.74, 6) is -3.56. The lowest BCUT2D eigenvalue weighted by Crippen LogP contribution is -2.57. The van der Waals surface area contributed by atoms with Crippen molar-refractivity contribution in [3.05, 3.63) is 52.8 Å². The second kappa shape index (κ2) is 15.9. The molecule has 47 heavy (non-hydrogen) atoms. The van der Waals surface area contributed by atoms with Crippen LogP contribution >= 0.6 is 23.2 Å². The largest absolute Gasteiger partial charge is 0.466 e. The molecule has 0 bridgehead atoms. The van der Waals surface area contributed by atoms with Gasteiger partial charge in [-0.3, -0.25) is 24.0 Å². The van der Waals surface area contributed by atoms with Crippen molar-refractivity contribution in [2.24, 2.45) is 0 Å². The zero-order valence-corrected chi connectivity index (χ0v) is 27.7. The SMILES string of the molecule is CC(=O)OCCC(OC(C)=O)C(OC(C)=O)C(OC(C)=O)C(=O)N1CCN(c2cccc(-c3nc(Cl)nc4ccc(Cl)cc34)c2)CC1. The molecule has 1 fully saturated rings. The van der Waals surface area contributed by atoms with Gasteiger partial charge in [-0.15, -0.1) is 0 Å². The Morgan fingerprint density at radius 1 is 0.809 bits per heavy atom. The summed E-state index contributed by atoms with van der Waals surface area (Å²) in [6.07, 6.45) is -4.50. The van der Waals surface area contributed by atoms with Crippen LogP contribution in [0.15, 0.2) is 42.5 Å². The summed E-state index contributed by atoms with van der Waals surface area (Å²) in [6, 6.07) is 13.0. The number of rotatable bonds is 11. The minimum Gasteiger partial charge on any atom is -0.466 e. The van der Waals surface area contributed by atoms with E-state index in [0.717, 1.165) is 37.4 Å². The average molecular weight is 690 g/mol. The fourth-order valence-electron chi connectivity index (χ4n) is 5.29. The number of fused-ring (bicyclic) bond motifs is 1. The Hall–Kier alpha value is -4.49. The monoisotopic (exact) mass is 688 g/mol. The number of esters is 4. The van der Waals surface area contributed by atoms with Crippen molar-refractivity contribution >= 4 is 69.6 Å². The minimum absolute atomic E-state index is 0.101. The highest BCUT2D eigenvalue weighted by atomic mass is 35.5. The first-order valence-electron chi connectivity index (χ1n) is 14.7. The fraction of sp³-hybridized carbons (Fsp3) is 0.406. The van der Waals surface area contributed by atoms with Crippen LogP contribution in [-0.2, 0) is 42.9 Å². The average Bonchev–Trinajstić information content (AvgIpc) is 3.01. The van der Waals surface area contributed by atoms with Crippen molar-refractivity contribution < 1.29 is 42.9 Å². The van der Waals surface area contributed by atoms with Gasteiger partial charge in [0.15, 0.2) is 6.10 Å². The normalized spacial score (nSPS) is 14.9. The van der Waals surface area contributed by atoms with Crippen LogP contribution < -0.4 is 4.90 Å².